The number of benzene rings is 1. The van der Waals surface area contributed by atoms with E-state index in [2.05, 4.69) is 37.2 Å². The van der Waals surface area contributed by atoms with Gasteiger partial charge in [-0.15, -0.1) is 0 Å². The largest absolute Gasteiger partial charge is 0.480 e. The average molecular weight is 976 g/mol. The predicted octanol–water partition coefficient (Wildman–Crippen LogP) is -5.10. The summed E-state index contributed by atoms with van der Waals surface area (Å²) in [6, 6.07) is -3.38. The van der Waals surface area contributed by atoms with Gasteiger partial charge in [-0.3, -0.25) is 52.7 Å². The first kappa shape index (κ1) is 59.8. The SMILES string of the molecule is CC[C@H](C)[C@H](NC(=O)[C@H](CCC(N)=O)NC(=O)[C@H](CCCCN)NC(=O)[C@@H](N)CCC(N)=O)C(=O)N[C@@H](C)C(=O)N[C@@H](CC(N)=O)C(=O)N[C@@H](CCC(N)=O)C(=O)N[C@@H](Cc1ccccc1)C(=O)O. The van der Waals surface area contributed by atoms with Gasteiger partial charge < -0.3 is 76.7 Å². The Morgan fingerprint density at radius 3 is 1.45 bits per heavy atom. The molecule has 0 aromatic heterocycles. The minimum absolute atomic E-state index is 0.0505. The van der Waals surface area contributed by atoms with Gasteiger partial charge >= 0.3 is 5.97 Å². The van der Waals surface area contributed by atoms with E-state index in [1.54, 1.807) is 44.2 Å². The first-order valence-electron chi connectivity index (χ1n) is 22.4. The van der Waals surface area contributed by atoms with Crippen LogP contribution in [-0.2, 0) is 64.0 Å². The van der Waals surface area contributed by atoms with E-state index in [1.165, 1.54) is 6.92 Å². The van der Waals surface area contributed by atoms with E-state index in [0.717, 1.165) is 0 Å². The van der Waals surface area contributed by atoms with Crippen molar-refractivity contribution in [3.05, 3.63) is 35.9 Å². The molecule has 1 rings (SSSR count). The van der Waals surface area contributed by atoms with Crippen LogP contribution in [0.1, 0.15) is 97.0 Å². The molecule has 1 aromatic carbocycles. The van der Waals surface area contributed by atoms with Crippen LogP contribution >= 0.6 is 0 Å². The Morgan fingerprint density at radius 1 is 0.522 bits per heavy atom. The van der Waals surface area contributed by atoms with Gasteiger partial charge in [-0.05, 0) is 63.5 Å². The molecule has 26 nitrogen and oxygen atoms in total. The van der Waals surface area contributed by atoms with Crippen molar-refractivity contribution >= 4 is 70.9 Å². The van der Waals surface area contributed by atoms with Crippen LogP contribution in [-0.4, -0.2) is 131 Å². The molecule has 0 aliphatic carbocycles. The van der Waals surface area contributed by atoms with E-state index in [9.17, 15) is 62.6 Å². The van der Waals surface area contributed by atoms with Crippen molar-refractivity contribution in [3.63, 3.8) is 0 Å². The van der Waals surface area contributed by atoms with Crippen molar-refractivity contribution in [2.45, 2.75) is 146 Å². The lowest BCUT2D eigenvalue weighted by molar-refractivity contribution is -0.142. The van der Waals surface area contributed by atoms with Crippen molar-refractivity contribution in [3.8, 4) is 0 Å². The molecule has 26 heteroatoms. The standard InChI is InChI=1S/C43H69N13O13/c1-4-22(2)35(56-40(65)28(15-18-33(48)59)52-38(63)26(12-8-9-19-44)51-37(62)25(45)13-16-31(46)57)42(67)50-23(3)36(61)54-29(21-34(49)60)41(66)53-27(14-17-32(47)58)39(64)55-30(43(68)69)20-24-10-6-5-7-11-24/h5-7,10-11,22-23,25-30,35H,4,8-9,12-21,44-45H2,1-3H3,(H2,46,57)(H2,47,58)(H2,48,59)(H2,49,60)(H,50,67)(H,51,62)(H,52,63)(H,53,66)(H,54,61)(H,55,64)(H,56,65)(H,68,69)/t22-,23-,25-,26-,27-,28-,29-,30-,35-/m0/s1. The molecule has 0 bridgehead atoms. The number of primary amides is 4. The molecular formula is C43H69N13O13. The molecule has 0 aliphatic heterocycles. The minimum atomic E-state index is -1.77. The Hall–Kier alpha value is -7.22. The number of amides is 11. The molecule has 0 radical (unpaired) electrons. The van der Waals surface area contributed by atoms with Gasteiger partial charge in [-0.2, -0.15) is 0 Å². The van der Waals surface area contributed by atoms with Crippen LogP contribution in [0.15, 0.2) is 30.3 Å². The first-order chi connectivity index (χ1) is 32.4. The fourth-order valence-corrected chi connectivity index (χ4v) is 6.48. The van der Waals surface area contributed by atoms with Crippen molar-refractivity contribution in [1.82, 2.24) is 37.2 Å². The number of carboxylic acids is 1. The molecule has 20 N–H and O–H groups in total. The molecule has 0 spiro atoms. The molecule has 11 amide bonds. The van der Waals surface area contributed by atoms with Crippen molar-refractivity contribution in [1.29, 1.82) is 0 Å². The first-order valence-corrected chi connectivity index (χ1v) is 22.4. The molecule has 0 saturated heterocycles. The monoisotopic (exact) mass is 976 g/mol. The summed E-state index contributed by atoms with van der Waals surface area (Å²) in [5.74, 6) is -12.2. The topological polar surface area (TPSA) is 465 Å². The maximum atomic E-state index is 13.8. The molecule has 69 heavy (non-hydrogen) atoms. The molecular weight excluding hydrogens is 907 g/mol. The second kappa shape index (κ2) is 30.9. The zero-order valence-corrected chi connectivity index (χ0v) is 39.1. The number of hydrogen-bond acceptors (Lipinski definition) is 14. The zero-order valence-electron chi connectivity index (χ0n) is 39.1. The van der Waals surface area contributed by atoms with Gasteiger partial charge in [0.15, 0.2) is 0 Å². The number of nitrogens with two attached hydrogens (primary N) is 6. The van der Waals surface area contributed by atoms with Crippen LogP contribution in [0.25, 0.3) is 0 Å². The number of nitrogens with one attached hydrogen (secondary N) is 7. The Morgan fingerprint density at radius 2 is 0.971 bits per heavy atom. The Labute approximate surface area is 399 Å². The van der Waals surface area contributed by atoms with Gasteiger partial charge in [0, 0.05) is 25.7 Å². The summed E-state index contributed by atoms with van der Waals surface area (Å²) in [5.41, 5.74) is 33.2. The van der Waals surface area contributed by atoms with E-state index in [0.29, 0.717) is 18.4 Å². The zero-order chi connectivity index (χ0) is 52.4. The molecule has 1 aromatic rings. The number of unbranched alkanes of at least 4 members (excludes halogenated alkanes) is 1. The number of hydrogen-bond donors (Lipinski definition) is 14. The lowest BCUT2D eigenvalue weighted by Crippen LogP contribution is -2.61. The number of aliphatic carboxylic acids is 1. The van der Waals surface area contributed by atoms with E-state index < -0.39 is 151 Å². The van der Waals surface area contributed by atoms with E-state index in [4.69, 9.17) is 34.4 Å². The third-order valence-corrected chi connectivity index (χ3v) is 10.7. The third-order valence-electron chi connectivity index (χ3n) is 10.7. The Bertz CT molecular complexity index is 1970. The van der Waals surface area contributed by atoms with Crippen LogP contribution in [0.2, 0.25) is 0 Å². The highest BCUT2D eigenvalue weighted by atomic mass is 16.4. The predicted molar refractivity (Wildman–Crippen MR) is 246 cm³/mol. The maximum Gasteiger partial charge on any atom is 0.326 e. The quantitative estimate of drug-likeness (QED) is 0.0287. The van der Waals surface area contributed by atoms with Crippen LogP contribution in [0.3, 0.4) is 0 Å². The van der Waals surface area contributed by atoms with Gasteiger partial charge in [0.05, 0.1) is 12.5 Å². The van der Waals surface area contributed by atoms with Crippen LogP contribution in [0.4, 0.5) is 0 Å². The normalized spacial score (nSPS) is 14.8. The Balaban J connectivity index is 3.29. The maximum absolute atomic E-state index is 13.8. The number of rotatable bonds is 34. The summed E-state index contributed by atoms with van der Waals surface area (Å²) in [5, 5.41) is 26.7. The molecule has 384 valence electrons. The fraction of sp³-hybridized carbons (Fsp3) is 0.581. The second-order valence-electron chi connectivity index (χ2n) is 16.5. The van der Waals surface area contributed by atoms with Crippen molar-refractivity contribution in [2.24, 2.45) is 40.3 Å². The van der Waals surface area contributed by atoms with Crippen LogP contribution in [0.5, 0.6) is 0 Å². The lowest BCUT2D eigenvalue weighted by Gasteiger charge is -2.29. The smallest absolute Gasteiger partial charge is 0.326 e. The molecule has 0 unspecified atom stereocenters. The molecule has 0 saturated carbocycles. The highest BCUT2D eigenvalue weighted by Gasteiger charge is 2.35. The summed E-state index contributed by atoms with van der Waals surface area (Å²) < 4.78 is 0. The van der Waals surface area contributed by atoms with Gasteiger partial charge in [0.2, 0.25) is 65.0 Å². The third kappa shape index (κ3) is 23.4. The summed E-state index contributed by atoms with van der Waals surface area (Å²) in [4.78, 5) is 153. The average Bonchev–Trinajstić information content (AvgIpc) is 3.28. The highest BCUT2D eigenvalue weighted by molar-refractivity contribution is 5.99. The second-order valence-corrected chi connectivity index (χ2v) is 16.5. The molecule has 0 fully saturated rings. The number of carbonyl (C=O) groups is 12. The van der Waals surface area contributed by atoms with Gasteiger partial charge in [-0.1, -0.05) is 50.6 Å². The van der Waals surface area contributed by atoms with Gasteiger partial charge in [-0.25, -0.2) is 4.79 Å². The van der Waals surface area contributed by atoms with Gasteiger partial charge in [0.25, 0.3) is 0 Å². The van der Waals surface area contributed by atoms with Crippen LogP contribution in [0, 0.1) is 5.92 Å². The van der Waals surface area contributed by atoms with E-state index in [1.807, 2.05) is 0 Å². The van der Waals surface area contributed by atoms with E-state index >= 15 is 0 Å². The summed E-state index contributed by atoms with van der Waals surface area (Å²) in [7, 11) is 0. The number of carboxylic acid groups (broad SMARTS) is 1. The Kier molecular flexibility index (Phi) is 26.8. The lowest BCUT2D eigenvalue weighted by atomic mass is 9.97. The summed E-state index contributed by atoms with van der Waals surface area (Å²) in [6.07, 6.45) is -1.72. The minimum Gasteiger partial charge on any atom is -0.480 e. The molecule has 9 atom stereocenters. The van der Waals surface area contributed by atoms with Crippen LogP contribution < -0.4 is 71.6 Å². The summed E-state index contributed by atoms with van der Waals surface area (Å²) in [6.45, 7) is 4.76. The fourth-order valence-electron chi connectivity index (χ4n) is 6.48. The molecule has 0 heterocycles. The van der Waals surface area contributed by atoms with Gasteiger partial charge in [0.1, 0.15) is 42.3 Å². The highest BCUT2D eigenvalue weighted by Crippen LogP contribution is 2.12. The molecule has 0 aliphatic rings. The van der Waals surface area contributed by atoms with Crippen molar-refractivity contribution < 1.29 is 62.6 Å². The van der Waals surface area contributed by atoms with E-state index in [-0.39, 0.29) is 45.1 Å². The summed E-state index contributed by atoms with van der Waals surface area (Å²) >= 11 is 0. The van der Waals surface area contributed by atoms with Crippen molar-refractivity contribution in [2.75, 3.05) is 6.54 Å². The number of carbonyl (C=O) groups excluding carboxylic acids is 11.